The fourth-order valence-corrected chi connectivity index (χ4v) is 3.94. The normalized spacial score (nSPS) is 16.8. The Bertz CT molecular complexity index is 680. The van der Waals surface area contributed by atoms with Crippen LogP contribution in [0.1, 0.15) is 38.2 Å². The van der Waals surface area contributed by atoms with E-state index >= 15 is 0 Å². The van der Waals surface area contributed by atoms with Crippen molar-refractivity contribution in [3.05, 3.63) is 35.9 Å². The van der Waals surface area contributed by atoms with Gasteiger partial charge in [-0.15, -0.1) is 0 Å². The number of nitrogens with zero attached hydrogens (tertiary/aromatic N) is 1. The molecule has 1 amide bonds. The third-order valence-corrected chi connectivity index (χ3v) is 5.29. The number of nitrogens with one attached hydrogen (secondary N) is 1. The predicted octanol–water partition coefficient (Wildman–Crippen LogP) is 4.08. The van der Waals surface area contributed by atoms with Crippen molar-refractivity contribution >= 4 is 28.6 Å². The molecule has 1 fully saturated rings. The Kier molecular flexibility index (Phi) is 4.67. The summed E-state index contributed by atoms with van der Waals surface area (Å²) in [5.74, 6) is 0.129. The van der Waals surface area contributed by atoms with Crippen LogP contribution in [0.4, 0.5) is 0 Å². The molecule has 0 aliphatic heterocycles. The van der Waals surface area contributed by atoms with Crippen LogP contribution in [0, 0.1) is 6.92 Å². The van der Waals surface area contributed by atoms with Crippen molar-refractivity contribution in [3.63, 3.8) is 0 Å². The van der Waals surface area contributed by atoms with Gasteiger partial charge in [-0.1, -0.05) is 42.8 Å². The van der Waals surface area contributed by atoms with E-state index < -0.39 is 0 Å². The van der Waals surface area contributed by atoms with Gasteiger partial charge in [0.2, 0.25) is 5.91 Å². The molecule has 1 aliphatic carbocycles. The number of thioether (sulfide) groups is 1. The molecule has 1 aromatic carbocycles. The molecule has 1 aromatic heterocycles. The van der Waals surface area contributed by atoms with Crippen molar-refractivity contribution in [2.45, 2.75) is 55.8 Å². The quantitative estimate of drug-likeness (QED) is 0.865. The first-order chi connectivity index (χ1) is 10.6. The van der Waals surface area contributed by atoms with E-state index in [0.29, 0.717) is 6.04 Å². The SMILES string of the molecule is Cc1cc(S[C@H](C)C(=O)NC2CCCC2)nc2ccccc12. The summed E-state index contributed by atoms with van der Waals surface area (Å²) in [6.45, 7) is 4.05. The number of rotatable bonds is 4. The Hall–Kier alpha value is -1.55. The summed E-state index contributed by atoms with van der Waals surface area (Å²) in [6, 6.07) is 10.6. The topological polar surface area (TPSA) is 42.0 Å². The van der Waals surface area contributed by atoms with Gasteiger partial charge in [0.15, 0.2) is 0 Å². The number of carbonyl (C=O) groups is 1. The Labute approximate surface area is 135 Å². The van der Waals surface area contributed by atoms with Gasteiger partial charge in [-0.3, -0.25) is 4.79 Å². The molecule has 1 N–H and O–H groups in total. The third kappa shape index (κ3) is 3.43. The van der Waals surface area contributed by atoms with Gasteiger partial charge in [0, 0.05) is 11.4 Å². The zero-order valence-electron chi connectivity index (χ0n) is 13.1. The average molecular weight is 314 g/mol. The Morgan fingerprint density at radius 1 is 1.32 bits per heavy atom. The zero-order valence-corrected chi connectivity index (χ0v) is 14.0. The number of carbonyl (C=O) groups excluding carboxylic acids is 1. The molecule has 1 atom stereocenters. The van der Waals surface area contributed by atoms with E-state index in [1.165, 1.54) is 23.8 Å². The van der Waals surface area contributed by atoms with Crippen LogP contribution in [0.3, 0.4) is 0 Å². The van der Waals surface area contributed by atoms with Crippen LogP contribution >= 0.6 is 11.8 Å². The molecule has 3 rings (SSSR count). The molecular formula is C18H22N2OS. The maximum atomic E-state index is 12.3. The minimum atomic E-state index is -0.117. The molecular weight excluding hydrogens is 292 g/mol. The second-order valence-electron chi connectivity index (χ2n) is 6.04. The molecule has 1 saturated carbocycles. The number of para-hydroxylation sites is 1. The maximum absolute atomic E-state index is 12.3. The van der Waals surface area contributed by atoms with Crippen molar-refractivity contribution in [2.24, 2.45) is 0 Å². The van der Waals surface area contributed by atoms with Crippen molar-refractivity contribution in [1.29, 1.82) is 0 Å². The molecule has 0 radical (unpaired) electrons. The highest BCUT2D eigenvalue weighted by Crippen LogP contribution is 2.27. The molecule has 1 aliphatic rings. The fraction of sp³-hybridized carbons (Fsp3) is 0.444. The van der Waals surface area contributed by atoms with Crippen LogP contribution < -0.4 is 5.32 Å². The molecule has 22 heavy (non-hydrogen) atoms. The lowest BCUT2D eigenvalue weighted by Crippen LogP contribution is -2.37. The molecule has 0 bridgehead atoms. The number of pyridine rings is 1. The van der Waals surface area contributed by atoms with Gasteiger partial charge in [-0.2, -0.15) is 0 Å². The van der Waals surface area contributed by atoms with Gasteiger partial charge in [0.05, 0.1) is 15.8 Å². The first-order valence-corrected chi connectivity index (χ1v) is 8.85. The number of benzene rings is 1. The maximum Gasteiger partial charge on any atom is 0.233 e. The summed E-state index contributed by atoms with van der Waals surface area (Å²) >= 11 is 1.54. The molecule has 1 heterocycles. The lowest BCUT2D eigenvalue weighted by molar-refractivity contribution is -0.120. The average Bonchev–Trinajstić information content (AvgIpc) is 3.00. The number of fused-ring (bicyclic) bond motifs is 1. The van der Waals surface area contributed by atoms with E-state index in [9.17, 15) is 4.79 Å². The molecule has 4 heteroatoms. The summed E-state index contributed by atoms with van der Waals surface area (Å²) in [4.78, 5) is 17.0. The van der Waals surface area contributed by atoms with E-state index in [-0.39, 0.29) is 11.2 Å². The first kappa shape index (κ1) is 15.3. The van der Waals surface area contributed by atoms with Gasteiger partial charge >= 0.3 is 0 Å². The highest BCUT2D eigenvalue weighted by atomic mass is 32.2. The Balaban J connectivity index is 1.70. The lowest BCUT2D eigenvalue weighted by atomic mass is 10.1. The second-order valence-corrected chi connectivity index (χ2v) is 7.41. The van der Waals surface area contributed by atoms with Crippen molar-refractivity contribution in [3.8, 4) is 0 Å². The largest absolute Gasteiger partial charge is 0.352 e. The first-order valence-electron chi connectivity index (χ1n) is 7.97. The number of aryl methyl sites for hydroxylation is 1. The minimum Gasteiger partial charge on any atom is -0.352 e. The van der Waals surface area contributed by atoms with Gasteiger partial charge in [0.1, 0.15) is 0 Å². The standard InChI is InChI=1S/C18H22N2OS/c1-12-11-17(20-16-10-6-5-9-15(12)16)22-13(2)18(21)19-14-7-3-4-8-14/h5-6,9-11,13-14H,3-4,7-8H2,1-2H3,(H,19,21)/t13-/m1/s1. The number of hydrogen-bond donors (Lipinski definition) is 1. The smallest absolute Gasteiger partial charge is 0.233 e. The van der Waals surface area contributed by atoms with Crippen molar-refractivity contribution in [2.75, 3.05) is 0 Å². The molecule has 0 unspecified atom stereocenters. The summed E-state index contributed by atoms with van der Waals surface area (Å²) in [5.41, 5.74) is 2.20. The van der Waals surface area contributed by atoms with E-state index in [0.717, 1.165) is 23.4 Å². The number of aromatic nitrogens is 1. The second kappa shape index (κ2) is 6.69. The minimum absolute atomic E-state index is 0.117. The summed E-state index contributed by atoms with van der Waals surface area (Å²) in [5, 5.41) is 5.14. The Morgan fingerprint density at radius 3 is 2.82 bits per heavy atom. The highest BCUT2D eigenvalue weighted by Gasteiger charge is 2.21. The van der Waals surface area contributed by atoms with E-state index in [1.54, 1.807) is 11.8 Å². The van der Waals surface area contributed by atoms with Crippen LogP contribution in [0.25, 0.3) is 10.9 Å². The van der Waals surface area contributed by atoms with Crippen molar-refractivity contribution < 1.29 is 4.79 Å². The van der Waals surface area contributed by atoms with Crippen LogP contribution in [0.15, 0.2) is 35.4 Å². The molecule has 2 aromatic rings. The van der Waals surface area contributed by atoms with Gasteiger partial charge in [-0.25, -0.2) is 4.98 Å². The van der Waals surface area contributed by atoms with Crippen LogP contribution in [0.5, 0.6) is 0 Å². The highest BCUT2D eigenvalue weighted by molar-refractivity contribution is 8.00. The zero-order chi connectivity index (χ0) is 15.5. The summed E-state index contributed by atoms with van der Waals surface area (Å²) in [7, 11) is 0. The number of hydrogen-bond acceptors (Lipinski definition) is 3. The molecule has 0 spiro atoms. The fourth-order valence-electron chi connectivity index (χ4n) is 3.00. The van der Waals surface area contributed by atoms with Crippen LogP contribution in [-0.4, -0.2) is 22.2 Å². The molecule has 116 valence electrons. The van der Waals surface area contributed by atoms with Crippen LogP contribution in [-0.2, 0) is 4.79 Å². The Morgan fingerprint density at radius 2 is 2.05 bits per heavy atom. The van der Waals surface area contributed by atoms with Gasteiger partial charge < -0.3 is 5.32 Å². The predicted molar refractivity (Wildman–Crippen MR) is 92.2 cm³/mol. The molecule has 0 saturated heterocycles. The monoisotopic (exact) mass is 314 g/mol. The lowest BCUT2D eigenvalue weighted by Gasteiger charge is -2.16. The van der Waals surface area contributed by atoms with Gasteiger partial charge in [-0.05, 0) is 44.4 Å². The van der Waals surface area contributed by atoms with E-state index in [4.69, 9.17) is 0 Å². The van der Waals surface area contributed by atoms with Gasteiger partial charge in [0.25, 0.3) is 0 Å². The van der Waals surface area contributed by atoms with E-state index in [2.05, 4.69) is 29.4 Å². The van der Waals surface area contributed by atoms with E-state index in [1.807, 2.05) is 25.1 Å². The van der Waals surface area contributed by atoms with Crippen molar-refractivity contribution in [1.82, 2.24) is 10.3 Å². The van der Waals surface area contributed by atoms with Crippen LogP contribution in [0.2, 0.25) is 0 Å². The molecule has 3 nitrogen and oxygen atoms in total. The summed E-state index contributed by atoms with van der Waals surface area (Å²) in [6.07, 6.45) is 4.71. The third-order valence-electron chi connectivity index (χ3n) is 4.27. The number of amides is 1. The summed E-state index contributed by atoms with van der Waals surface area (Å²) < 4.78 is 0.